The van der Waals surface area contributed by atoms with Crippen LogP contribution in [0.15, 0.2) is 24.3 Å². The van der Waals surface area contributed by atoms with Gasteiger partial charge in [-0.1, -0.05) is 38.0 Å². The zero-order valence-corrected chi connectivity index (χ0v) is 10.7. The summed E-state index contributed by atoms with van der Waals surface area (Å²) in [5.74, 6) is -0.358. The fourth-order valence-electron chi connectivity index (χ4n) is 1.81. The van der Waals surface area contributed by atoms with Gasteiger partial charge in [0.15, 0.2) is 0 Å². The molecule has 1 unspecified atom stereocenters. The molecular weight excluding hydrogens is 212 g/mol. The Labute approximate surface area is 103 Å². The average molecular weight is 234 g/mol. The van der Waals surface area contributed by atoms with Gasteiger partial charge in [-0.15, -0.1) is 0 Å². The third-order valence-electron chi connectivity index (χ3n) is 2.91. The maximum absolute atomic E-state index is 11.2. The molecule has 0 bridgehead atoms. The summed E-state index contributed by atoms with van der Waals surface area (Å²) in [6, 6.07) is 7.95. The number of amides is 1. The smallest absolute Gasteiger partial charge is 0.249 e. The van der Waals surface area contributed by atoms with Crippen LogP contribution in [0.1, 0.15) is 49.0 Å². The van der Waals surface area contributed by atoms with Gasteiger partial charge in [0.05, 0.1) is 0 Å². The van der Waals surface area contributed by atoms with Crippen LogP contribution in [0.5, 0.6) is 0 Å². The summed E-state index contributed by atoms with van der Waals surface area (Å²) in [4.78, 5) is 11.2. The van der Waals surface area contributed by atoms with E-state index >= 15 is 0 Å². The van der Waals surface area contributed by atoms with Crippen LogP contribution in [0.3, 0.4) is 0 Å². The molecule has 0 radical (unpaired) electrons. The zero-order valence-electron chi connectivity index (χ0n) is 10.7. The van der Waals surface area contributed by atoms with E-state index in [-0.39, 0.29) is 5.91 Å². The Morgan fingerprint density at radius 2 is 2.12 bits per heavy atom. The van der Waals surface area contributed by atoms with Gasteiger partial charge in [0.25, 0.3) is 0 Å². The van der Waals surface area contributed by atoms with Crippen LogP contribution in [0.2, 0.25) is 0 Å². The summed E-state index contributed by atoms with van der Waals surface area (Å²) in [5, 5.41) is 3.42. The molecule has 0 aliphatic rings. The van der Waals surface area contributed by atoms with Crippen molar-refractivity contribution in [2.75, 3.05) is 0 Å². The van der Waals surface area contributed by atoms with E-state index in [2.05, 4.69) is 19.2 Å². The van der Waals surface area contributed by atoms with Crippen molar-refractivity contribution >= 4 is 5.91 Å². The molecule has 1 aromatic carbocycles. The maximum Gasteiger partial charge on any atom is 0.249 e. The lowest BCUT2D eigenvalue weighted by Gasteiger charge is -2.14. The highest BCUT2D eigenvalue weighted by Crippen LogP contribution is 2.09. The Balaban J connectivity index is 2.54. The molecule has 0 aliphatic carbocycles. The number of primary amides is 1. The summed E-state index contributed by atoms with van der Waals surface area (Å²) in [7, 11) is 0. The van der Waals surface area contributed by atoms with Crippen LogP contribution in [-0.4, -0.2) is 11.9 Å². The first-order valence-electron chi connectivity index (χ1n) is 6.26. The van der Waals surface area contributed by atoms with Crippen molar-refractivity contribution in [3.8, 4) is 0 Å². The van der Waals surface area contributed by atoms with E-state index in [4.69, 9.17) is 5.73 Å². The van der Waals surface area contributed by atoms with Crippen LogP contribution in [0, 0.1) is 0 Å². The molecule has 0 saturated heterocycles. The van der Waals surface area contributed by atoms with Gasteiger partial charge in [0.1, 0.15) is 0 Å². The van der Waals surface area contributed by atoms with Crippen molar-refractivity contribution in [3.05, 3.63) is 35.4 Å². The topological polar surface area (TPSA) is 55.1 Å². The zero-order chi connectivity index (χ0) is 12.7. The van der Waals surface area contributed by atoms with Gasteiger partial charge < -0.3 is 11.1 Å². The van der Waals surface area contributed by atoms with Gasteiger partial charge in [-0.25, -0.2) is 0 Å². The van der Waals surface area contributed by atoms with Gasteiger partial charge in [0.2, 0.25) is 5.91 Å². The SMILES string of the molecule is CCCCC(C)NCc1ccccc1C(N)=O. The highest BCUT2D eigenvalue weighted by molar-refractivity contribution is 5.94. The number of carbonyl (C=O) groups is 1. The van der Waals surface area contributed by atoms with E-state index in [0.717, 1.165) is 12.0 Å². The highest BCUT2D eigenvalue weighted by Gasteiger charge is 2.07. The van der Waals surface area contributed by atoms with Crippen molar-refractivity contribution in [2.45, 2.75) is 45.7 Å². The second-order valence-corrected chi connectivity index (χ2v) is 4.45. The number of unbranched alkanes of at least 4 members (excludes halogenated alkanes) is 1. The fourth-order valence-corrected chi connectivity index (χ4v) is 1.81. The number of nitrogens with one attached hydrogen (secondary N) is 1. The second-order valence-electron chi connectivity index (χ2n) is 4.45. The van der Waals surface area contributed by atoms with Gasteiger partial charge in [0, 0.05) is 18.2 Å². The molecule has 0 aromatic heterocycles. The normalized spacial score (nSPS) is 12.4. The lowest BCUT2D eigenvalue weighted by molar-refractivity contribution is 0.0999. The molecule has 1 amide bonds. The molecule has 94 valence electrons. The second kappa shape index (κ2) is 7.07. The molecule has 0 heterocycles. The molecule has 3 nitrogen and oxygen atoms in total. The number of hydrogen-bond donors (Lipinski definition) is 2. The van der Waals surface area contributed by atoms with E-state index in [0.29, 0.717) is 18.2 Å². The monoisotopic (exact) mass is 234 g/mol. The molecule has 17 heavy (non-hydrogen) atoms. The largest absolute Gasteiger partial charge is 0.366 e. The molecule has 3 heteroatoms. The standard InChI is InChI=1S/C14H22N2O/c1-3-4-7-11(2)16-10-12-8-5-6-9-13(12)14(15)17/h5-6,8-9,11,16H,3-4,7,10H2,1-2H3,(H2,15,17). The first kappa shape index (κ1) is 13.7. The molecule has 0 aliphatic heterocycles. The van der Waals surface area contributed by atoms with Crippen LogP contribution >= 0.6 is 0 Å². The predicted molar refractivity (Wildman–Crippen MR) is 70.8 cm³/mol. The minimum atomic E-state index is -0.358. The molecule has 1 aromatic rings. The first-order valence-corrected chi connectivity index (χ1v) is 6.26. The van der Waals surface area contributed by atoms with Crippen LogP contribution < -0.4 is 11.1 Å². The summed E-state index contributed by atoms with van der Waals surface area (Å²) < 4.78 is 0. The van der Waals surface area contributed by atoms with Gasteiger partial charge in [-0.05, 0) is 25.0 Å². The molecule has 3 N–H and O–H groups in total. The van der Waals surface area contributed by atoms with Gasteiger partial charge in [-0.2, -0.15) is 0 Å². The van der Waals surface area contributed by atoms with Crippen LogP contribution in [-0.2, 0) is 6.54 Å². The summed E-state index contributed by atoms with van der Waals surface area (Å²) in [6.45, 7) is 5.06. The summed E-state index contributed by atoms with van der Waals surface area (Å²) in [5.41, 5.74) is 6.92. The Hall–Kier alpha value is -1.35. The molecule has 0 fully saturated rings. The number of nitrogens with two attached hydrogens (primary N) is 1. The lowest BCUT2D eigenvalue weighted by atomic mass is 10.1. The summed E-state index contributed by atoms with van der Waals surface area (Å²) >= 11 is 0. The Morgan fingerprint density at radius 3 is 2.76 bits per heavy atom. The van der Waals surface area contributed by atoms with Crippen molar-refractivity contribution in [1.82, 2.24) is 5.32 Å². The minimum absolute atomic E-state index is 0.358. The molecular formula is C14H22N2O. The fraction of sp³-hybridized carbons (Fsp3) is 0.500. The van der Waals surface area contributed by atoms with Gasteiger partial charge in [-0.3, -0.25) is 4.79 Å². The van der Waals surface area contributed by atoms with E-state index in [9.17, 15) is 4.79 Å². The molecule has 1 atom stereocenters. The highest BCUT2D eigenvalue weighted by atomic mass is 16.1. The predicted octanol–water partition coefficient (Wildman–Crippen LogP) is 2.45. The third kappa shape index (κ3) is 4.57. The molecule has 1 rings (SSSR count). The quantitative estimate of drug-likeness (QED) is 0.761. The van der Waals surface area contributed by atoms with Crippen LogP contribution in [0.25, 0.3) is 0 Å². The molecule has 0 saturated carbocycles. The summed E-state index contributed by atoms with van der Waals surface area (Å²) in [6.07, 6.45) is 3.60. The van der Waals surface area contributed by atoms with Crippen molar-refractivity contribution in [2.24, 2.45) is 5.73 Å². The Morgan fingerprint density at radius 1 is 1.41 bits per heavy atom. The van der Waals surface area contributed by atoms with Crippen LogP contribution in [0.4, 0.5) is 0 Å². The number of hydrogen-bond acceptors (Lipinski definition) is 2. The number of rotatable bonds is 7. The van der Waals surface area contributed by atoms with Gasteiger partial charge >= 0.3 is 0 Å². The first-order chi connectivity index (χ1) is 8.15. The minimum Gasteiger partial charge on any atom is -0.366 e. The van der Waals surface area contributed by atoms with Crippen molar-refractivity contribution in [1.29, 1.82) is 0 Å². The lowest BCUT2D eigenvalue weighted by Crippen LogP contribution is -2.26. The molecule has 0 spiro atoms. The Bertz CT molecular complexity index is 363. The Kier molecular flexibility index (Phi) is 5.70. The number of carbonyl (C=O) groups excluding carboxylic acids is 1. The van der Waals surface area contributed by atoms with E-state index in [1.54, 1.807) is 6.07 Å². The average Bonchev–Trinajstić information content (AvgIpc) is 2.34. The number of benzene rings is 1. The van der Waals surface area contributed by atoms with Crippen molar-refractivity contribution < 1.29 is 4.79 Å². The third-order valence-corrected chi connectivity index (χ3v) is 2.91. The van der Waals surface area contributed by atoms with E-state index in [1.807, 2.05) is 18.2 Å². The van der Waals surface area contributed by atoms with Crippen molar-refractivity contribution in [3.63, 3.8) is 0 Å². The van der Waals surface area contributed by atoms with E-state index in [1.165, 1.54) is 12.8 Å². The maximum atomic E-state index is 11.2. The van der Waals surface area contributed by atoms with E-state index < -0.39 is 0 Å².